The summed E-state index contributed by atoms with van der Waals surface area (Å²) in [5, 5.41) is 26.5. The number of carbonyl (C=O) groups is 4. The zero-order chi connectivity index (χ0) is 49.9. The van der Waals surface area contributed by atoms with Gasteiger partial charge in [-0.2, -0.15) is 26.3 Å². The van der Waals surface area contributed by atoms with Gasteiger partial charge in [0.1, 0.15) is 0 Å². The van der Waals surface area contributed by atoms with E-state index in [4.69, 9.17) is 5.11 Å². The van der Waals surface area contributed by atoms with Crippen molar-refractivity contribution in [3.8, 4) is 0 Å². The molecule has 0 spiro atoms. The van der Waals surface area contributed by atoms with E-state index in [0.29, 0.717) is 35.3 Å². The van der Waals surface area contributed by atoms with Crippen molar-refractivity contribution in [2.75, 3.05) is 0 Å². The first-order chi connectivity index (χ1) is 33.1. The Morgan fingerprint density at radius 2 is 0.932 bits per heavy atom. The molecule has 2 amide bonds. The number of benzene rings is 4. The number of carboxylic acid groups (broad SMARTS) is 2. The number of nitrogens with one attached hydrogen (secondary N) is 2. The predicted octanol–water partition coefficient (Wildman–Crippen LogP) is 10.8. The molecule has 0 aliphatic heterocycles. The second kappa shape index (κ2) is 20.7. The lowest BCUT2D eigenvalue weighted by Crippen LogP contribution is -2.35. The van der Waals surface area contributed by atoms with Gasteiger partial charge in [-0.1, -0.05) is 60.7 Å². The van der Waals surface area contributed by atoms with Gasteiger partial charge in [-0.15, -0.1) is 22.7 Å². The SMILES string of the molecule is Cc1sc2ccn(Cc3ccc(C(F)(F)F)cc3)c2c1C(=O)NC1(c2ccc(C(=O)O)cc2)CC1.Cc1sc2ccn(Cc3ccc(C(F)(F)F)cc3)c2c1C(=O)NC1(c2ccc(C(=O)[O-])cc2)CC1.N.O.[NH4+]. The Hall–Kier alpha value is -7.30. The monoisotopic (exact) mass is 1050 g/mol. The van der Waals surface area contributed by atoms with Crippen LogP contribution in [0.3, 0.4) is 0 Å². The number of alkyl halides is 6. The quantitative estimate of drug-likeness (QED) is 0.0740. The van der Waals surface area contributed by atoms with E-state index < -0.39 is 46.5 Å². The Labute approximate surface area is 421 Å². The van der Waals surface area contributed by atoms with Crippen LogP contribution in [0.2, 0.25) is 0 Å². The van der Waals surface area contributed by atoms with Gasteiger partial charge in [-0.3, -0.25) is 9.59 Å². The minimum Gasteiger partial charge on any atom is -0.545 e. The van der Waals surface area contributed by atoms with Crippen LogP contribution in [0, 0.1) is 13.8 Å². The Bertz CT molecular complexity index is 3090. The third kappa shape index (κ3) is 11.2. The molecule has 4 aromatic carbocycles. The number of aryl methyl sites for hydroxylation is 2. The van der Waals surface area contributed by atoms with Crippen LogP contribution in [0.25, 0.3) is 20.4 Å². The van der Waals surface area contributed by atoms with E-state index in [1.807, 2.05) is 47.5 Å². The number of rotatable bonds is 12. The highest BCUT2D eigenvalue weighted by Gasteiger charge is 2.47. The average molecular weight is 1050 g/mol. The minimum absolute atomic E-state index is 0. The number of hydrogen-bond donors (Lipinski definition) is 5. The molecular formula is C52H50F6N6O7S2. The van der Waals surface area contributed by atoms with Crippen molar-refractivity contribution in [2.45, 2.75) is 76.1 Å². The largest absolute Gasteiger partial charge is 0.545 e. The highest BCUT2D eigenvalue weighted by molar-refractivity contribution is 7.19. The highest BCUT2D eigenvalue weighted by Crippen LogP contribution is 2.48. The lowest BCUT2D eigenvalue weighted by atomic mass is 10.0. The summed E-state index contributed by atoms with van der Waals surface area (Å²) in [6, 6.07) is 26.7. The second-order valence-corrected chi connectivity index (χ2v) is 20.1. The molecule has 2 aliphatic carbocycles. The van der Waals surface area contributed by atoms with E-state index in [2.05, 4.69) is 10.6 Å². The van der Waals surface area contributed by atoms with E-state index >= 15 is 0 Å². The van der Waals surface area contributed by atoms with Crippen LogP contribution in [0.15, 0.2) is 122 Å². The number of halogens is 6. The smallest absolute Gasteiger partial charge is 0.416 e. The van der Waals surface area contributed by atoms with Gasteiger partial charge in [0, 0.05) is 35.2 Å². The molecule has 2 aliphatic rings. The number of hydrogen-bond acceptors (Lipinski definition) is 8. The first kappa shape index (κ1) is 55.0. The molecule has 0 saturated heterocycles. The fourth-order valence-corrected chi connectivity index (χ4v) is 10.9. The van der Waals surface area contributed by atoms with E-state index in [1.165, 1.54) is 71.2 Å². The van der Waals surface area contributed by atoms with E-state index in [0.717, 1.165) is 91.3 Å². The summed E-state index contributed by atoms with van der Waals surface area (Å²) in [5.41, 5.74) is 3.46. The standard InChI is InChI=1S/2C26H21F3N2O3S.2H3N.H2O/c2*1-15-21(23(32)30-25(11-12-25)18-8-4-17(5-9-18)24(33)34)22-20(35-15)10-13-31(22)14-16-2-6-19(7-3-16)26(27,28)29;;;/h2*2-10,13H,11-12,14H2,1H3,(H,30,32)(H,33,34);2*1H3;1H2. The van der Waals surface area contributed by atoms with E-state index in [1.54, 1.807) is 24.3 Å². The van der Waals surface area contributed by atoms with Gasteiger partial charge in [-0.25, -0.2) is 4.79 Å². The fourth-order valence-electron chi connectivity index (χ4n) is 8.80. The summed E-state index contributed by atoms with van der Waals surface area (Å²) < 4.78 is 83.0. The summed E-state index contributed by atoms with van der Waals surface area (Å²) in [7, 11) is 0. The number of aromatic carboxylic acids is 2. The molecule has 13 nitrogen and oxygen atoms in total. The van der Waals surface area contributed by atoms with Gasteiger partial charge in [-0.05, 0) is 116 Å². The number of nitrogens with zero attached hydrogens (tertiary/aromatic N) is 2. The lowest BCUT2D eigenvalue weighted by molar-refractivity contribution is -0.255. The number of amides is 2. The second-order valence-electron chi connectivity index (χ2n) is 17.6. The van der Waals surface area contributed by atoms with Crippen LogP contribution in [-0.4, -0.2) is 43.5 Å². The molecule has 12 N–H and O–H groups in total. The summed E-state index contributed by atoms with van der Waals surface area (Å²) in [5.74, 6) is -2.71. The maximum Gasteiger partial charge on any atom is 0.416 e. The van der Waals surface area contributed by atoms with Crippen molar-refractivity contribution in [3.05, 3.63) is 187 Å². The number of aromatic nitrogens is 2. The molecule has 10 rings (SSSR count). The van der Waals surface area contributed by atoms with Crippen LogP contribution in [0.1, 0.15) is 110 Å². The Morgan fingerprint density at radius 1 is 0.589 bits per heavy atom. The predicted molar refractivity (Wildman–Crippen MR) is 266 cm³/mol. The van der Waals surface area contributed by atoms with Crippen molar-refractivity contribution in [3.63, 3.8) is 0 Å². The molecule has 8 aromatic rings. The molecule has 0 radical (unpaired) electrons. The summed E-state index contributed by atoms with van der Waals surface area (Å²) >= 11 is 2.99. The Kier molecular flexibility index (Phi) is 15.6. The first-order valence-electron chi connectivity index (χ1n) is 21.9. The number of thiophene rings is 2. The van der Waals surface area contributed by atoms with Gasteiger partial charge in [0.25, 0.3) is 11.8 Å². The molecule has 21 heteroatoms. The molecule has 73 heavy (non-hydrogen) atoms. The number of carbonyl (C=O) groups excluding carboxylic acids is 3. The van der Waals surface area contributed by atoms with Gasteiger partial charge in [0.05, 0.1) is 65.3 Å². The molecule has 0 unspecified atom stereocenters. The van der Waals surface area contributed by atoms with Crippen LogP contribution < -0.4 is 28.0 Å². The normalized spacial score (nSPS) is 14.1. The number of fused-ring (bicyclic) bond motifs is 2. The van der Waals surface area contributed by atoms with Gasteiger partial charge in [0.2, 0.25) is 0 Å². The Morgan fingerprint density at radius 3 is 1.23 bits per heavy atom. The average Bonchev–Trinajstić information content (AvgIpc) is 4.11. The molecule has 384 valence electrons. The molecule has 2 saturated carbocycles. The first-order valence-corrected chi connectivity index (χ1v) is 23.6. The zero-order valence-corrected chi connectivity index (χ0v) is 41.1. The molecule has 4 heterocycles. The Balaban J connectivity index is 0.000000229. The van der Waals surface area contributed by atoms with Crippen molar-refractivity contribution >= 4 is 66.9 Å². The minimum atomic E-state index is -4.39. The fraction of sp³-hybridized carbons (Fsp3) is 0.231. The van der Waals surface area contributed by atoms with Gasteiger partial charge in [0.15, 0.2) is 0 Å². The van der Waals surface area contributed by atoms with Crippen LogP contribution in [0.4, 0.5) is 26.3 Å². The third-order valence-electron chi connectivity index (χ3n) is 12.8. The summed E-state index contributed by atoms with van der Waals surface area (Å²) in [6.07, 6.45) is -2.12. The van der Waals surface area contributed by atoms with Crippen molar-refractivity contribution in [1.29, 1.82) is 0 Å². The van der Waals surface area contributed by atoms with Gasteiger partial charge < -0.3 is 52.6 Å². The van der Waals surface area contributed by atoms with Crippen LogP contribution >= 0.6 is 22.7 Å². The molecule has 4 aromatic heterocycles. The molecular weight excluding hydrogens is 999 g/mol. The van der Waals surface area contributed by atoms with E-state index in [9.17, 15) is 50.6 Å². The van der Waals surface area contributed by atoms with Crippen LogP contribution in [-0.2, 0) is 36.5 Å². The van der Waals surface area contributed by atoms with Crippen molar-refractivity contribution < 1.29 is 61.2 Å². The number of carboxylic acids is 2. The molecule has 0 bridgehead atoms. The summed E-state index contributed by atoms with van der Waals surface area (Å²) in [4.78, 5) is 50.8. The maximum absolute atomic E-state index is 13.5. The third-order valence-corrected chi connectivity index (χ3v) is 15.0. The zero-order valence-electron chi connectivity index (χ0n) is 39.5. The van der Waals surface area contributed by atoms with Gasteiger partial charge >= 0.3 is 18.3 Å². The van der Waals surface area contributed by atoms with Crippen LogP contribution in [0.5, 0.6) is 0 Å². The lowest BCUT2D eigenvalue weighted by Gasteiger charge is -2.19. The molecule has 2 fully saturated rings. The highest BCUT2D eigenvalue weighted by atomic mass is 32.1. The summed E-state index contributed by atoms with van der Waals surface area (Å²) in [6.45, 7) is 4.41. The van der Waals surface area contributed by atoms with E-state index in [-0.39, 0.29) is 40.7 Å². The maximum atomic E-state index is 13.5. The topological polar surface area (TPSA) is 248 Å². The number of quaternary nitrogens is 1. The van der Waals surface area contributed by atoms with Crippen molar-refractivity contribution in [1.82, 2.24) is 32.1 Å². The van der Waals surface area contributed by atoms with Crippen molar-refractivity contribution in [2.24, 2.45) is 0 Å². The molecule has 0 atom stereocenters.